The highest BCUT2D eigenvalue weighted by molar-refractivity contribution is 6.00. The Labute approximate surface area is 181 Å². The van der Waals surface area contributed by atoms with Crippen LogP contribution in [0.1, 0.15) is 43.5 Å². The highest BCUT2D eigenvalue weighted by Crippen LogP contribution is 2.58. The molecule has 7 nitrogen and oxygen atoms in total. The minimum Gasteiger partial charge on any atom is -0.370 e. The van der Waals surface area contributed by atoms with Crippen LogP contribution in [0.15, 0.2) is 63.2 Å². The van der Waals surface area contributed by atoms with Gasteiger partial charge in [-0.3, -0.25) is 9.59 Å². The lowest BCUT2D eigenvalue weighted by atomic mass is 9.61. The molecule has 6 rings (SSSR count). The molecule has 1 aliphatic carbocycles. The number of likely N-dealkylation sites (tertiary alicyclic amines) is 1. The van der Waals surface area contributed by atoms with Gasteiger partial charge in [0, 0.05) is 28.8 Å². The molecule has 0 radical (unpaired) electrons. The number of nitrogens with one attached hydrogen (secondary N) is 1. The second-order valence-corrected chi connectivity index (χ2v) is 10.4. The molecule has 0 saturated carbocycles. The van der Waals surface area contributed by atoms with Gasteiger partial charge in [-0.05, 0) is 30.4 Å². The van der Waals surface area contributed by atoms with Gasteiger partial charge >= 0.3 is 0 Å². The van der Waals surface area contributed by atoms with Crippen LogP contribution in [-0.4, -0.2) is 48.4 Å². The van der Waals surface area contributed by atoms with E-state index in [1.165, 1.54) is 0 Å². The predicted molar refractivity (Wildman–Crippen MR) is 113 cm³/mol. The molecular weight excluding hydrogens is 392 g/mol. The van der Waals surface area contributed by atoms with Crippen LogP contribution < -0.4 is 5.32 Å². The molecule has 2 spiro atoms. The highest BCUT2D eigenvalue weighted by Gasteiger charge is 2.63. The fourth-order valence-electron chi connectivity index (χ4n) is 6.11. The molecule has 2 saturated heterocycles. The number of ketones is 1. The fourth-order valence-corrected chi connectivity index (χ4v) is 6.11. The topological polar surface area (TPSA) is 83.4 Å². The van der Waals surface area contributed by atoms with Crippen LogP contribution in [0, 0.1) is 10.8 Å². The molecule has 1 aromatic carbocycles. The number of nitrogens with zero attached hydrogens (tertiary/aromatic N) is 3. The second-order valence-electron chi connectivity index (χ2n) is 10.4. The Morgan fingerprint density at radius 2 is 1.94 bits per heavy atom. The maximum absolute atomic E-state index is 13.4. The SMILES string of the molecule is CC1(C)CC(=O)C2=C(C1)NC1=C(CN=N1)C21COC2(CN(C(=O)c3ccccc3)C2)C1. The Bertz CT molecular complexity index is 1100. The van der Waals surface area contributed by atoms with Crippen LogP contribution in [0.2, 0.25) is 0 Å². The summed E-state index contributed by atoms with van der Waals surface area (Å²) in [5.41, 5.74) is 2.66. The maximum Gasteiger partial charge on any atom is 0.254 e. The lowest BCUT2D eigenvalue weighted by Crippen LogP contribution is -2.63. The standard InChI is InChI=1S/C24H26N4O3/c1-22(2)8-17-19(18(29)9-22)24(16-10-25-27-20(16)26-17)11-23(31-14-24)12-28(13-23)21(30)15-6-4-3-5-7-15/h3-7,26H,8-14H2,1-2H3. The number of rotatable bonds is 1. The Kier molecular flexibility index (Phi) is 3.74. The molecule has 0 bridgehead atoms. The number of fused-ring (bicyclic) bond motifs is 2. The molecule has 5 aliphatic rings. The van der Waals surface area contributed by atoms with E-state index in [0.717, 1.165) is 29.1 Å². The van der Waals surface area contributed by atoms with Crippen LogP contribution in [0.4, 0.5) is 0 Å². The number of hydrogen-bond acceptors (Lipinski definition) is 6. The number of allylic oxidation sites excluding steroid dienone is 1. The third-order valence-corrected chi connectivity index (χ3v) is 7.40. The molecule has 1 N–H and O–H groups in total. The monoisotopic (exact) mass is 418 g/mol. The first kappa shape index (κ1) is 18.9. The van der Waals surface area contributed by atoms with Crippen molar-refractivity contribution in [2.45, 2.75) is 38.7 Å². The van der Waals surface area contributed by atoms with Crippen LogP contribution >= 0.6 is 0 Å². The number of carbonyl (C=O) groups excluding carboxylic acids is 2. The first-order chi connectivity index (χ1) is 14.8. The lowest BCUT2D eigenvalue weighted by Gasteiger charge is -2.48. The van der Waals surface area contributed by atoms with E-state index in [1.54, 1.807) is 0 Å². The molecule has 1 aromatic rings. The summed E-state index contributed by atoms with van der Waals surface area (Å²) in [6.45, 7) is 6.33. The van der Waals surface area contributed by atoms with Gasteiger partial charge in [-0.25, -0.2) is 0 Å². The number of benzene rings is 1. The van der Waals surface area contributed by atoms with E-state index >= 15 is 0 Å². The molecule has 1 unspecified atom stereocenters. The van der Waals surface area contributed by atoms with Crippen molar-refractivity contribution in [2.75, 3.05) is 26.2 Å². The zero-order valence-corrected chi connectivity index (χ0v) is 17.9. The Morgan fingerprint density at radius 3 is 2.71 bits per heavy atom. The number of Topliss-reactive ketones (excluding diaryl/α,β-unsaturated/α-hetero) is 1. The summed E-state index contributed by atoms with van der Waals surface area (Å²) < 4.78 is 6.42. The Balaban J connectivity index is 1.31. The summed E-state index contributed by atoms with van der Waals surface area (Å²) in [5.74, 6) is 1.03. The summed E-state index contributed by atoms with van der Waals surface area (Å²) in [6, 6.07) is 9.35. The average molecular weight is 418 g/mol. The van der Waals surface area contributed by atoms with Crippen molar-refractivity contribution >= 4 is 11.7 Å². The van der Waals surface area contributed by atoms with E-state index in [4.69, 9.17) is 4.74 Å². The van der Waals surface area contributed by atoms with Crippen molar-refractivity contribution in [1.82, 2.24) is 10.2 Å². The van der Waals surface area contributed by atoms with Crippen molar-refractivity contribution in [3.63, 3.8) is 0 Å². The molecule has 1 amide bonds. The van der Waals surface area contributed by atoms with E-state index in [1.807, 2.05) is 35.2 Å². The van der Waals surface area contributed by atoms with E-state index in [0.29, 0.717) is 44.6 Å². The van der Waals surface area contributed by atoms with Gasteiger partial charge < -0.3 is 15.0 Å². The van der Waals surface area contributed by atoms with Crippen molar-refractivity contribution < 1.29 is 14.3 Å². The second kappa shape index (κ2) is 6.13. The van der Waals surface area contributed by atoms with Crippen molar-refractivity contribution in [2.24, 2.45) is 21.1 Å². The van der Waals surface area contributed by atoms with E-state index in [9.17, 15) is 9.59 Å². The molecule has 7 heteroatoms. The molecule has 4 aliphatic heterocycles. The zero-order chi connectivity index (χ0) is 21.4. The molecule has 1 atom stereocenters. The summed E-state index contributed by atoms with van der Waals surface area (Å²) in [7, 11) is 0. The van der Waals surface area contributed by atoms with E-state index < -0.39 is 11.0 Å². The van der Waals surface area contributed by atoms with Gasteiger partial charge in [0.1, 0.15) is 5.60 Å². The molecule has 0 aromatic heterocycles. The predicted octanol–water partition coefficient (Wildman–Crippen LogP) is 3.21. The van der Waals surface area contributed by atoms with Crippen LogP contribution in [-0.2, 0) is 9.53 Å². The normalized spacial score (nSPS) is 29.9. The molecule has 160 valence electrons. The zero-order valence-electron chi connectivity index (χ0n) is 17.9. The summed E-state index contributed by atoms with van der Waals surface area (Å²) in [4.78, 5) is 28.0. The van der Waals surface area contributed by atoms with Crippen molar-refractivity contribution in [3.05, 3.63) is 58.6 Å². The minimum absolute atomic E-state index is 0.0299. The van der Waals surface area contributed by atoms with Gasteiger partial charge in [0.2, 0.25) is 0 Å². The van der Waals surface area contributed by atoms with Gasteiger partial charge in [-0.15, -0.1) is 5.11 Å². The number of dihydropyridines is 1. The minimum atomic E-state index is -0.477. The Morgan fingerprint density at radius 1 is 1.16 bits per heavy atom. The average Bonchev–Trinajstić information content (AvgIpc) is 3.32. The van der Waals surface area contributed by atoms with E-state index in [-0.39, 0.29) is 17.1 Å². The summed E-state index contributed by atoms with van der Waals surface area (Å²) in [6.07, 6.45) is 2.06. The van der Waals surface area contributed by atoms with Crippen molar-refractivity contribution in [3.8, 4) is 0 Å². The number of hydrogen-bond donors (Lipinski definition) is 1. The third-order valence-electron chi connectivity index (χ3n) is 7.40. The van der Waals surface area contributed by atoms with Gasteiger partial charge in [0.25, 0.3) is 5.91 Å². The third kappa shape index (κ3) is 2.69. The number of azo groups is 1. The molecular formula is C24H26N4O3. The molecule has 4 heterocycles. The van der Waals surface area contributed by atoms with Gasteiger partial charge in [-0.1, -0.05) is 32.0 Å². The Hall–Kier alpha value is -2.80. The summed E-state index contributed by atoms with van der Waals surface area (Å²) >= 11 is 0. The number of amides is 1. The van der Waals surface area contributed by atoms with Crippen LogP contribution in [0.5, 0.6) is 0 Å². The fraction of sp³-hybridized carbons (Fsp3) is 0.500. The molecule has 2 fully saturated rings. The number of ether oxygens (including phenoxy) is 1. The van der Waals surface area contributed by atoms with Crippen molar-refractivity contribution in [1.29, 1.82) is 0 Å². The van der Waals surface area contributed by atoms with Gasteiger partial charge in [-0.2, -0.15) is 5.11 Å². The maximum atomic E-state index is 13.4. The summed E-state index contributed by atoms with van der Waals surface area (Å²) in [5, 5.41) is 12.0. The van der Waals surface area contributed by atoms with Crippen LogP contribution in [0.25, 0.3) is 0 Å². The first-order valence-electron chi connectivity index (χ1n) is 10.9. The lowest BCUT2D eigenvalue weighted by molar-refractivity contribution is -0.119. The van der Waals surface area contributed by atoms with Gasteiger partial charge in [0.15, 0.2) is 11.6 Å². The van der Waals surface area contributed by atoms with E-state index in [2.05, 4.69) is 29.4 Å². The first-order valence-corrected chi connectivity index (χ1v) is 10.9. The smallest absolute Gasteiger partial charge is 0.254 e. The largest absolute Gasteiger partial charge is 0.370 e. The highest BCUT2D eigenvalue weighted by atomic mass is 16.5. The molecule has 31 heavy (non-hydrogen) atoms. The van der Waals surface area contributed by atoms with Crippen LogP contribution in [0.3, 0.4) is 0 Å². The van der Waals surface area contributed by atoms with Gasteiger partial charge in [0.05, 0.1) is 31.7 Å². The number of carbonyl (C=O) groups is 2. The quantitative estimate of drug-likeness (QED) is 0.759.